The molecular formula is C22H18N4O2S. The van der Waals surface area contributed by atoms with E-state index in [1.165, 1.54) is 11.3 Å². The Morgan fingerprint density at radius 2 is 2.07 bits per heavy atom. The van der Waals surface area contributed by atoms with Crippen LogP contribution in [0.1, 0.15) is 33.5 Å². The van der Waals surface area contributed by atoms with Crippen LogP contribution in [0.2, 0.25) is 0 Å². The van der Waals surface area contributed by atoms with E-state index in [-0.39, 0.29) is 5.97 Å². The van der Waals surface area contributed by atoms with Crippen LogP contribution in [0.5, 0.6) is 0 Å². The number of nitrogens with one attached hydrogen (secondary N) is 1. The Morgan fingerprint density at radius 3 is 2.79 bits per heavy atom. The molecular weight excluding hydrogens is 384 g/mol. The van der Waals surface area contributed by atoms with Crippen molar-refractivity contribution in [2.75, 3.05) is 6.61 Å². The molecule has 0 saturated heterocycles. The van der Waals surface area contributed by atoms with Crippen LogP contribution in [0.25, 0.3) is 32.9 Å². The summed E-state index contributed by atoms with van der Waals surface area (Å²) in [6, 6.07) is 13.8. The van der Waals surface area contributed by atoms with E-state index in [1.807, 2.05) is 37.3 Å². The van der Waals surface area contributed by atoms with E-state index in [4.69, 9.17) is 4.74 Å². The van der Waals surface area contributed by atoms with E-state index in [2.05, 4.69) is 21.0 Å². The molecule has 1 N–H and O–H groups in total. The first-order valence-electron chi connectivity index (χ1n) is 9.16. The largest absolute Gasteiger partial charge is 0.462 e. The molecule has 4 rings (SSSR count). The van der Waals surface area contributed by atoms with Crippen molar-refractivity contribution in [2.45, 2.75) is 20.8 Å². The lowest BCUT2D eigenvalue weighted by Gasteiger charge is -2.00. The molecule has 0 aliphatic carbocycles. The second kappa shape index (κ2) is 7.49. The number of aryl methyl sites for hydroxylation is 2. The molecule has 0 amide bonds. The van der Waals surface area contributed by atoms with Crippen LogP contribution in [0, 0.1) is 25.2 Å². The Labute approximate surface area is 171 Å². The number of benzene rings is 1. The average Bonchev–Trinajstić information content (AvgIpc) is 3.31. The van der Waals surface area contributed by atoms with Crippen LogP contribution < -0.4 is 0 Å². The molecule has 3 aromatic heterocycles. The lowest BCUT2D eigenvalue weighted by Crippen LogP contribution is -2.03. The van der Waals surface area contributed by atoms with Crippen LogP contribution in [0.4, 0.5) is 0 Å². The third-order valence-corrected chi connectivity index (χ3v) is 5.70. The van der Waals surface area contributed by atoms with Crippen molar-refractivity contribution in [1.82, 2.24) is 15.0 Å². The highest BCUT2D eigenvalue weighted by molar-refractivity contribution is 7.17. The third-order valence-electron chi connectivity index (χ3n) is 4.52. The summed E-state index contributed by atoms with van der Waals surface area (Å²) in [7, 11) is 0. The average molecular weight is 402 g/mol. The molecule has 0 unspecified atom stereocenters. The first kappa shape index (κ1) is 18.8. The summed E-state index contributed by atoms with van der Waals surface area (Å²) in [5.41, 5.74) is 5.28. The highest BCUT2D eigenvalue weighted by Crippen LogP contribution is 2.34. The van der Waals surface area contributed by atoms with Gasteiger partial charge >= 0.3 is 5.97 Å². The molecule has 3 heterocycles. The molecule has 6 nitrogen and oxygen atoms in total. The van der Waals surface area contributed by atoms with Gasteiger partial charge in [-0.3, -0.25) is 4.98 Å². The van der Waals surface area contributed by atoms with Crippen molar-refractivity contribution >= 4 is 28.2 Å². The number of hydrogen-bond donors (Lipinski definition) is 1. The molecule has 4 aromatic rings. The smallest absolute Gasteiger partial charge is 0.350 e. The van der Waals surface area contributed by atoms with E-state index in [0.29, 0.717) is 27.7 Å². The van der Waals surface area contributed by atoms with Crippen LogP contribution in [0.15, 0.2) is 36.4 Å². The van der Waals surface area contributed by atoms with Crippen molar-refractivity contribution in [3.05, 3.63) is 58.2 Å². The topological polar surface area (TPSA) is 91.7 Å². The molecule has 1 aromatic carbocycles. The summed E-state index contributed by atoms with van der Waals surface area (Å²) in [6.45, 7) is 5.81. The maximum atomic E-state index is 12.1. The van der Waals surface area contributed by atoms with Crippen molar-refractivity contribution < 1.29 is 9.53 Å². The lowest BCUT2D eigenvalue weighted by molar-refractivity contribution is 0.0531. The Bertz CT molecular complexity index is 1280. The van der Waals surface area contributed by atoms with Crippen molar-refractivity contribution in [3.8, 4) is 28.0 Å². The quantitative estimate of drug-likeness (QED) is 0.484. The molecule has 0 aliphatic rings. The fourth-order valence-corrected chi connectivity index (χ4v) is 4.14. The number of hydrogen-bond acceptors (Lipinski definition) is 6. The molecule has 0 saturated carbocycles. The minimum Gasteiger partial charge on any atom is -0.462 e. The van der Waals surface area contributed by atoms with Gasteiger partial charge in [-0.2, -0.15) is 5.26 Å². The Balaban J connectivity index is 1.82. The molecule has 7 heteroatoms. The Kier molecular flexibility index (Phi) is 4.87. The summed E-state index contributed by atoms with van der Waals surface area (Å²) < 4.78 is 5.10. The van der Waals surface area contributed by atoms with Gasteiger partial charge in [0.15, 0.2) is 0 Å². The minimum absolute atomic E-state index is 0.315. The summed E-state index contributed by atoms with van der Waals surface area (Å²) in [6.07, 6.45) is 0. The van der Waals surface area contributed by atoms with Crippen LogP contribution in [-0.2, 0) is 4.74 Å². The van der Waals surface area contributed by atoms with Gasteiger partial charge in [0, 0.05) is 16.6 Å². The first-order chi connectivity index (χ1) is 14.0. The van der Waals surface area contributed by atoms with E-state index < -0.39 is 0 Å². The van der Waals surface area contributed by atoms with E-state index in [0.717, 1.165) is 33.5 Å². The van der Waals surface area contributed by atoms with Gasteiger partial charge in [0.05, 0.1) is 34.8 Å². The predicted molar refractivity (Wildman–Crippen MR) is 113 cm³/mol. The van der Waals surface area contributed by atoms with E-state index in [9.17, 15) is 10.1 Å². The molecule has 0 radical (unpaired) electrons. The fourth-order valence-electron chi connectivity index (χ4n) is 3.19. The number of esters is 1. The first-order valence-corrected chi connectivity index (χ1v) is 9.97. The summed E-state index contributed by atoms with van der Waals surface area (Å²) >= 11 is 1.28. The maximum absolute atomic E-state index is 12.1. The zero-order valence-corrected chi connectivity index (χ0v) is 17.1. The number of ether oxygens (including phenoxy) is 1. The number of nitriles is 1. The van der Waals surface area contributed by atoms with Gasteiger partial charge in [-0.15, -0.1) is 11.3 Å². The van der Waals surface area contributed by atoms with Gasteiger partial charge in [0.25, 0.3) is 0 Å². The van der Waals surface area contributed by atoms with Gasteiger partial charge < -0.3 is 9.72 Å². The number of nitrogens with zero attached hydrogens (tertiary/aromatic N) is 3. The standard InChI is InChI=1S/C22H18N4O2S/c1-4-28-22(27)20-13(3)25-21(29-20)15-8-14-10-18(17-7-5-6-12(2)24-17)26-19(14)16(9-15)11-23/h5-10,26H,4H2,1-3H3. The van der Waals surface area contributed by atoms with Gasteiger partial charge in [-0.25, -0.2) is 9.78 Å². The highest BCUT2D eigenvalue weighted by Gasteiger charge is 2.19. The number of rotatable bonds is 4. The summed E-state index contributed by atoms with van der Waals surface area (Å²) in [5, 5.41) is 11.2. The maximum Gasteiger partial charge on any atom is 0.350 e. The van der Waals surface area contributed by atoms with Crippen LogP contribution in [-0.4, -0.2) is 27.5 Å². The minimum atomic E-state index is -0.371. The number of H-pyrrole nitrogens is 1. The van der Waals surface area contributed by atoms with Crippen molar-refractivity contribution in [1.29, 1.82) is 5.26 Å². The van der Waals surface area contributed by atoms with Crippen molar-refractivity contribution in [3.63, 3.8) is 0 Å². The number of pyridine rings is 1. The molecule has 0 atom stereocenters. The van der Waals surface area contributed by atoms with Crippen molar-refractivity contribution in [2.24, 2.45) is 0 Å². The molecule has 0 fully saturated rings. The summed E-state index contributed by atoms with van der Waals surface area (Å²) in [4.78, 5) is 25.0. The normalized spacial score (nSPS) is 10.8. The van der Waals surface area contributed by atoms with Gasteiger partial charge in [-0.1, -0.05) is 6.07 Å². The second-order valence-electron chi connectivity index (χ2n) is 6.60. The predicted octanol–water partition coefficient (Wildman–Crippen LogP) is 5.02. The Hall–Kier alpha value is -3.50. The third kappa shape index (κ3) is 3.50. The number of carbonyl (C=O) groups is 1. The van der Waals surface area contributed by atoms with Crippen LogP contribution >= 0.6 is 11.3 Å². The number of carbonyl (C=O) groups excluding carboxylic acids is 1. The number of aromatic amines is 1. The zero-order valence-electron chi connectivity index (χ0n) is 16.2. The lowest BCUT2D eigenvalue weighted by atomic mass is 10.1. The number of aromatic nitrogens is 3. The fraction of sp³-hybridized carbons (Fsp3) is 0.182. The van der Waals surface area contributed by atoms with E-state index in [1.54, 1.807) is 19.9 Å². The van der Waals surface area contributed by atoms with Gasteiger partial charge in [0.2, 0.25) is 0 Å². The Morgan fingerprint density at radius 1 is 1.24 bits per heavy atom. The molecule has 0 spiro atoms. The molecule has 0 aliphatic heterocycles. The van der Waals surface area contributed by atoms with Crippen LogP contribution in [0.3, 0.4) is 0 Å². The molecule has 144 valence electrons. The SMILES string of the molecule is CCOC(=O)c1sc(-c2cc(C#N)c3[nH]c(-c4cccc(C)n4)cc3c2)nc1C. The van der Waals surface area contributed by atoms with E-state index >= 15 is 0 Å². The highest BCUT2D eigenvalue weighted by atomic mass is 32.1. The second-order valence-corrected chi connectivity index (χ2v) is 7.60. The van der Waals surface area contributed by atoms with Gasteiger partial charge in [-0.05, 0) is 51.1 Å². The molecule has 0 bridgehead atoms. The monoisotopic (exact) mass is 402 g/mol. The van der Waals surface area contributed by atoms with Gasteiger partial charge in [0.1, 0.15) is 16.0 Å². The summed E-state index contributed by atoms with van der Waals surface area (Å²) in [5.74, 6) is -0.371. The number of thiazole rings is 1. The number of fused-ring (bicyclic) bond motifs is 1. The molecule has 29 heavy (non-hydrogen) atoms. The zero-order chi connectivity index (χ0) is 20.5.